The Morgan fingerprint density at radius 3 is 2.64 bits per heavy atom. The number of carbonyl (C=O) groups is 1. The molecule has 6 nitrogen and oxygen atoms in total. The van der Waals surface area contributed by atoms with Crippen molar-refractivity contribution < 1.29 is 9.53 Å². The molecule has 0 saturated heterocycles. The van der Waals surface area contributed by atoms with Crippen molar-refractivity contribution in [2.75, 3.05) is 5.32 Å². The van der Waals surface area contributed by atoms with Gasteiger partial charge >= 0.3 is 0 Å². The molecule has 1 atom stereocenters. The average molecular weight is 358 g/mol. The molecule has 0 spiro atoms. The molecule has 0 saturated carbocycles. The number of amides is 1. The Labute approximate surface area is 150 Å². The van der Waals surface area contributed by atoms with Crippen LogP contribution in [0, 0.1) is 13.8 Å². The van der Waals surface area contributed by atoms with Crippen molar-refractivity contribution in [3.8, 4) is 5.75 Å². The van der Waals surface area contributed by atoms with Gasteiger partial charge in [-0.1, -0.05) is 43.4 Å². The molecule has 1 aromatic carbocycles. The van der Waals surface area contributed by atoms with Crippen LogP contribution in [0.15, 0.2) is 24.3 Å². The number of nitrogens with one attached hydrogen (secondary N) is 1. The molecule has 0 aliphatic heterocycles. The van der Waals surface area contributed by atoms with Crippen LogP contribution in [-0.4, -0.2) is 26.6 Å². The van der Waals surface area contributed by atoms with E-state index >= 15 is 0 Å². The van der Waals surface area contributed by atoms with E-state index in [0.29, 0.717) is 11.9 Å². The van der Waals surface area contributed by atoms with Crippen molar-refractivity contribution in [3.63, 3.8) is 0 Å². The summed E-state index contributed by atoms with van der Waals surface area (Å²) in [6.07, 6.45) is -0.649. The minimum absolute atomic E-state index is 0.272. The second-order valence-electron chi connectivity index (χ2n) is 6.32. The summed E-state index contributed by atoms with van der Waals surface area (Å²) >= 11 is 1.55. The van der Waals surface area contributed by atoms with E-state index in [-0.39, 0.29) is 5.91 Å². The number of aryl methyl sites for hydroxylation is 2. The quantitative estimate of drug-likeness (QED) is 0.750. The van der Waals surface area contributed by atoms with Crippen molar-refractivity contribution in [1.82, 2.24) is 14.6 Å². The molecular weight excluding hydrogens is 336 g/mol. The highest BCUT2D eigenvalue weighted by Gasteiger charge is 2.20. The summed E-state index contributed by atoms with van der Waals surface area (Å²) < 4.78 is 7.61. The molecular formula is C18H22N4O2S. The highest BCUT2D eigenvalue weighted by molar-refractivity contribution is 7.17. The molecule has 7 heteroatoms. The van der Waals surface area contributed by atoms with Crippen LogP contribution in [0.4, 0.5) is 5.95 Å². The third kappa shape index (κ3) is 3.51. The minimum Gasteiger partial charge on any atom is -0.481 e. The zero-order chi connectivity index (χ0) is 18.1. The van der Waals surface area contributed by atoms with Gasteiger partial charge in [-0.25, -0.2) is 4.52 Å². The smallest absolute Gasteiger partial charge is 0.267 e. The molecule has 3 rings (SSSR count). The van der Waals surface area contributed by atoms with Gasteiger partial charge in [0.2, 0.25) is 4.96 Å². The van der Waals surface area contributed by atoms with Crippen LogP contribution in [-0.2, 0) is 4.79 Å². The lowest BCUT2D eigenvalue weighted by Crippen LogP contribution is -2.31. The number of rotatable bonds is 5. The lowest BCUT2D eigenvalue weighted by Gasteiger charge is -2.18. The number of aromatic nitrogens is 3. The lowest BCUT2D eigenvalue weighted by atomic mass is 10.0. The maximum Gasteiger partial charge on any atom is 0.267 e. The van der Waals surface area contributed by atoms with Gasteiger partial charge in [-0.15, -0.1) is 5.10 Å². The first-order valence-corrected chi connectivity index (χ1v) is 9.07. The van der Waals surface area contributed by atoms with Crippen LogP contribution in [0.1, 0.15) is 42.8 Å². The van der Waals surface area contributed by atoms with Crippen molar-refractivity contribution in [1.29, 1.82) is 0 Å². The minimum atomic E-state index is -0.649. The van der Waals surface area contributed by atoms with Crippen LogP contribution < -0.4 is 10.1 Å². The van der Waals surface area contributed by atoms with E-state index in [4.69, 9.17) is 4.74 Å². The third-order valence-electron chi connectivity index (χ3n) is 4.10. The summed E-state index contributed by atoms with van der Waals surface area (Å²) in [4.78, 5) is 18.7. The highest BCUT2D eigenvalue weighted by atomic mass is 32.1. The molecule has 0 bridgehead atoms. The van der Waals surface area contributed by atoms with Gasteiger partial charge < -0.3 is 4.74 Å². The van der Waals surface area contributed by atoms with Crippen LogP contribution in [0.2, 0.25) is 0 Å². The normalized spacial score (nSPS) is 12.6. The first-order valence-electron chi connectivity index (χ1n) is 8.26. The van der Waals surface area contributed by atoms with E-state index in [2.05, 4.69) is 29.2 Å². The van der Waals surface area contributed by atoms with Gasteiger partial charge in [-0.05, 0) is 38.3 Å². The number of nitrogens with zero attached hydrogens (tertiary/aromatic N) is 3. The van der Waals surface area contributed by atoms with Gasteiger partial charge in [-0.2, -0.15) is 4.98 Å². The Morgan fingerprint density at radius 1 is 1.24 bits per heavy atom. The zero-order valence-corrected chi connectivity index (χ0v) is 15.8. The van der Waals surface area contributed by atoms with Gasteiger partial charge in [0.1, 0.15) is 5.75 Å². The van der Waals surface area contributed by atoms with Crippen molar-refractivity contribution >= 4 is 28.2 Å². The SMILES string of the molecule is Cc1sc2nc(NC(=O)C(C)Oc3ccccc3C(C)C)nn2c1C. The highest BCUT2D eigenvalue weighted by Crippen LogP contribution is 2.27. The molecule has 0 aliphatic carbocycles. The van der Waals surface area contributed by atoms with Crippen LogP contribution >= 0.6 is 11.3 Å². The van der Waals surface area contributed by atoms with Gasteiger partial charge in [0.05, 0.1) is 5.69 Å². The molecule has 1 amide bonds. The number of hydrogen-bond acceptors (Lipinski definition) is 5. The van der Waals surface area contributed by atoms with Crippen LogP contribution in [0.5, 0.6) is 5.75 Å². The maximum atomic E-state index is 12.4. The summed E-state index contributed by atoms with van der Waals surface area (Å²) in [7, 11) is 0. The molecule has 0 aliphatic rings. The second-order valence-corrected chi connectivity index (χ2v) is 7.50. The van der Waals surface area contributed by atoms with E-state index < -0.39 is 6.10 Å². The summed E-state index contributed by atoms with van der Waals surface area (Å²) in [5, 5.41) is 7.07. The number of thiazole rings is 1. The summed E-state index contributed by atoms with van der Waals surface area (Å²) in [5.41, 5.74) is 2.11. The van der Waals surface area contributed by atoms with Crippen molar-refractivity contribution in [3.05, 3.63) is 40.4 Å². The monoisotopic (exact) mass is 358 g/mol. The summed E-state index contributed by atoms with van der Waals surface area (Å²) in [6, 6.07) is 7.78. The fraction of sp³-hybridized carbons (Fsp3) is 0.389. The van der Waals surface area contributed by atoms with Crippen molar-refractivity contribution in [2.45, 2.75) is 46.6 Å². The lowest BCUT2D eigenvalue weighted by molar-refractivity contribution is -0.122. The van der Waals surface area contributed by atoms with Gasteiger partial charge in [0, 0.05) is 4.88 Å². The van der Waals surface area contributed by atoms with E-state index in [1.807, 2.05) is 38.1 Å². The Bertz CT molecular complexity index is 913. The number of hydrogen-bond donors (Lipinski definition) is 1. The van der Waals surface area contributed by atoms with E-state index in [9.17, 15) is 4.79 Å². The number of para-hydroxylation sites is 1. The Morgan fingerprint density at radius 2 is 1.96 bits per heavy atom. The summed E-state index contributed by atoms with van der Waals surface area (Å²) in [5.74, 6) is 1.07. The fourth-order valence-electron chi connectivity index (χ4n) is 2.52. The molecule has 1 unspecified atom stereocenters. The number of ether oxygens (including phenoxy) is 1. The first kappa shape index (κ1) is 17.4. The van der Waals surface area contributed by atoms with E-state index in [0.717, 1.165) is 26.8 Å². The second kappa shape index (κ2) is 6.84. The topological polar surface area (TPSA) is 68.5 Å². The molecule has 2 heterocycles. The molecule has 0 radical (unpaired) electrons. The van der Waals surface area contributed by atoms with E-state index in [1.165, 1.54) is 0 Å². The van der Waals surface area contributed by atoms with E-state index in [1.54, 1.807) is 22.8 Å². The standard InChI is InChI=1S/C18H22N4O2S/c1-10(2)14-8-6-7-9-15(14)24-12(4)16(23)19-17-20-18-22(21-17)11(3)13(5)25-18/h6-10,12H,1-5H3,(H,19,21,23). The number of carbonyl (C=O) groups excluding carboxylic acids is 1. The molecule has 1 N–H and O–H groups in total. The predicted molar refractivity (Wildman–Crippen MR) is 99.6 cm³/mol. The van der Waals surface area contributed by atoms with Gasteiger partial charge in [0.25, 0.3) is 11.9 Å². The Hall–Kier alpha value is -2.41. The fourth-order valence-corrected chi connectivity index (χ4v) is 3.42. The number of fused-ring (bicyclic) bond motifs is 1. The largest absolute Gasteiger partial charge is 0.481 e. The van der Waals surface area contributed by atoms with Gasteiger partial charge in [0.15, 0.2) is 6.10 Å². The maximum absolute atomic E-state index is 12.4. The Balaban J connectivity index is 1.72. The van der Waals surface area contributed by atoms with Crippen LogP contribution in [0.3, 0.4) is 0 Å². The summed E-state index contributed by atoms with van der Waals surface area (Å²) in [6.45, 7) is 9.92. The van der Waals surface area contributed by atoms with Crippen molar-refractivity contribution in [2.24, 2.45) is 0 Å². The number of anilines is 1. The number of benzene rings is 1. The van der Waals surface area contributed by atoms with Gasteiger partial charge in [-0.3, -0.25) is 10.1 Å². The molecule has 2 aromatic heterocycles. The predicted octanol–water partition coefficient (Wildman–Crippen LogP) is 3.94. The third-order valence-corrected chi connectivity index (χ3v) is 5.15. The first-order chi connectivity index (χ1) is 11.9. The molecule has 25 heavy (non-hydrogen) atoms. The zero-order valence-electron chi connectivity index (χ0n) is 15.0. The molecule has 0 fully saturated rings. The Kier molecular flexibility index (Phi) is 4.76. The average Bonchev–Trinajstić information content (AvgIpc) is 3.06. The molecule has 3 aromatic rings. The van der Waals surface area contributed by atoms with Crippen LogP contribution in [0.25, 0.3) is 4.96 Å². The molecule has 132 valence electrons.